The summed E-state index contributed by atoms with van der Waals surface area (Å²) in [6, 6.07) is 8.88. The maximum absolute atomic E-state index is 6.36. The maximum atomic E-state index is 6.36. The molecule has 2 fully saturated rings. The topological polar surface area (TPSA) is 41.5 Å². The van der Waals surface area contributed by atoms with Crippen LogP contribution in [0.25, 0.3) is 0 Å². The number of likely N-dealkylation sites (N-methyl/N-ethyl adjacent to an activating group) is 1. The summed E-state index contributed by atoms with van der Waals surface area (Å²) >= 11 is 0. The van der Waals surface area contributed by atoms with Crippen molar-refractivity contribution in [1.29, 1.82) is 0 Å². The number of likely N-dealkylation sites (tertiary alicyclic amines) is 1. The molecule has 0 radical (unpaired) electrons. The lowest BCUT2D eigenvalue weighted by Crippen LogP contribution is -2.44. The Labute approximate surface area is 156 Å². The Kier molecular flexibility index (Phi) is 5.29. The number of pyridine rings is 2. The van der Waals surface area contributed by atoms with Crippen LogP contribution in [0.4, 0.5) is 0 Å². The first kappa shape index (κ1) is 17.6. The Morgan fingerprint density at radius 1 is 1.12 bits per heavy atom. The molecule has 2 aliphatic rings. The molecule has 2 aliphatic heterocycles. The van der Waals surface area contributed by atoms with Crippen LogP contribution in [0.15, 0.2) is 49.1 Å². The van der Waals surface area contributed by atoms with Crippen molar-refractivity contribution >= 4 is 0 Å². The minimum Gasteiger partial charge on any atom is -0.373 e. The summed E-state index contributed by atoms with van der Waals surface area (Å²) < 4.78 is 6.36. The Morgan fingerprint density at radius 3 is 2.65 bits per heavy atom. The van der Waals surface area contributed by atoms with E-state index in [1.807, 2.05) is 30.9 Å². The van der Waals surface area contributed by atoms with Gasteiger partial charge in [0.25, 0.3) is 0 Å². The standard InChI is InChI=1S/C21H28N4O/c1-24(15-19-3-2-8-23-14-19)20-13-21(26-17-20)6-11-25(12-7-21)16-18-4-9-22-10-5-18/h2-5,8-10,14,20H,6-7,11-13,15-17H2,1H3/t20-/m0/s1. The highest BCUT2D eigenvalue weighted by molar-refractivity contribution is 5.10. The number of aromatic nitrogens is 2. The molecule has 2 aromatic heterocycles. The van der Waals surface area contributed by atoms with Crippen molar-refractivity contribution in [3.63, 3.8) is 0 Å². The number of piperidine rings is 1. The van der Waals surface area contributed by atoms with Crippen molar-refractivity contribution in [2.75, 3.05) is 26.7 Å². The van der Waals surface area contributed by atoms with Crippen LogP contribution in [0, 0.1) is 0 Å². The van der Waals surface area contributed by atoms with Gasteiger partial charge in [0.15, 0.2) is 0 Å². The van der Waals surface area contributed by atoms with Gasteiger partial charge in [-0.05, 0) is 55.6 Å². The minimum atomic E-state index is 0.0859. The Balaban J connectivity index is 1.28. The largest absolute Gasteiger partial charge is 0.373 e. The molecule has 0 amide bonds. The fourth-order valence-electron chi connectivity index (χ4n) is 4.23. The van der Waals surface area contributed by atoms with Crippen molar-refractivity contribution in [3.05, 3.63) is 60.2 Å². The first-order valence-corrected chi connectivity index (χ1v) is 9.57. The molecule has 0 aliphatic carbocycles. The van der Waals surface area contributed by atoms with Gasteiger partial charge in [0, 0.05) is 57.0 Å². The van der Waals surface area contributed by atoms with Crippen LogP contribution in [0.5, 0.6) is 0 Å². The average molecular weight is 352 g/mol. The lowest BCUT2D eigenvalue weighted by molar-refractivity contribution is -0.0452. The SMILES string of the molecule is CN(Cc1cccnc1)[C@@H]1COC2(CCN(Cc3ccncc3)CC2)C1. The molecule has 0 saturated carbocycles. The zero-order valence-corrected chi connectivity index (χ0v) is 15.6. The molecule has 1 spiro atoms. The fourth-order valence-corrected chi connectivity index (χ4v) is 4.23. The van der Waals surface area contributed by atoms with Gasteiger partial charge in [0.05, 0.1) is 12.2 Å². The molecule has 2 aromatic rings. The van der Waals surface area contributed by atoms with E-state index in [2.05, 4.69) is 45.0 Å². The lowest BCUT2D eigenvalue weighted by Gasteiger charge is -2.39. The first-order chi connectivity index (χ1) is 12.7. The highest BCUT2D eigenvalue weighted by Crippen LogP contribution is 2.37. The van der Waals surface area contributed by atoms with E-state index in [1.165, 1.54) is 11.1 Å². The fraction of sp³-hybridized carbons (Fsp3) is 0.524. The van der Waals surface area contributed by atoms with E-state index in [-0.39, 0.29) is 5.60 Å². The van der Waals surface area contributed by atoms with E-state index in [0.29, 0.717) is 6.04 Å². The van der Waals surface area contributed by atoms with Gasteiger partial charge < -0.3 is 4.74 Å². The lowest BCUT2D eigenvalue weighted by atomic mass is 9.87. The smallest absolute Gasteiger partial charge is 0.0723 e. The van der Waals surface area contributed by atoms with Crippen molar-refractivity contribution < 1.29 is 4.74 Å². The van der Waals surface area contributed by atoms with E-state index >= 15 is 0 Å². The molecule has 4 heterocycles. The average Bonchev–Trinajstić information content (AvgIpc) is 3.10. The van der Waals surface area contributed by atoms with Crippen LogP contribution >= 0.6 is 0 Å². The summed E-state index contributed by atoms with van der Waals surface area (Å²) in [7, 11) is 2.21. The van der Waals surface area contributed by atoms with Gasteiger partial charge in [-0.3, -0.25) is 19.8 Å². The van der Waals surface area contributed by atoms with Gasteiger partial charge in [0.1, 0.15) is 0 Å². The van der Waals surface area contributed by atoms with E-state index in [4.69, 9.17) is 4.74 Å². The molecular formula is C21H28N4O. The Hall–Kier alpha value is -1.82. The van der Waals surface area contributed by atoms with Crippen molar-refractivity contribution in [2.45, 2.75) is 44.0 Å². The van der Waals surface area contributed by atoms with Crippen LogP contribution < -0.4 is 0 Å². The molecule has 0 N–H and O–H groups in total. The number of rotatable bonds is 5. The highest BCUT2D eigenvalue weighted by Gasteiger charge is 2.43. The zero-order chi connectivity index (χ0) is 17.8. The summed E-state index contributed by atoms with van der Waals surface area (Å²) in [5.74, 6) is 0. The van der Waals surface area contributed by atoms with Crippen LogP contribution in [0.2, 0.25) is 0 Å². The second-order valence-electron chi connectivity index (χ2n) is 7.76. The molecule has 5 heteroatoms. The predicted octanol–water partition coefficient (Wildman–Crippen LogP) is 2.73. The predicted molar refractivity (Wildman–Crippen MR) is 102 cm³/mol. The molecule has 26 heavy (non-hydrogen) atoms. The summed E-state index contributed by atoms with van der Waals surface area (Å²) in [6.45, 7) is 5.03. The van der Waals surface area contributed by atoms with Crippen LogP contribution in [0.1, 0.15) is 30.4 Å². The number of hydrogen-bond acceptors (Lipinski definition) is 5. The Morgan fingerprint density at radius 2 is 1.92 bits per heavy atom. The van der Waals surface area contributed by atoms with Crippen LogP contribution in [-0.4, -0.2) is 58.2 Å². The minimum absolute atomic E-state index is 0.0859. The molecule has 4 rings (SSSR count). The summed E-state index contributed by atoms with van der Waals surface area (Å²) in [5, 5.41) is 0. The molecule has 0 aromatic carbocycles. The molecule has 2 saturated heterocycles. The van der Waals surface area contributed by atoms with E-state index in [1.54, 1.807) is 0 Å². The van der Waals surface area contributed by atoms with Gasteiger partial charge in [-0.15, -0.1) is 0 Å². The normalized spacial score (nSPS) is 22.9. The Bertz CT molecular complexity index is 686. The summed E-state index contributed by atoms with van der Waals surface area (Å²) in [6.07, 6.45) is 11.0. The third-order valence-corrected chi connectivity index (χ3v) is 5.89. The molecule has 0 bridgehead atoms. The number of ether oxygens (including phenoxy) is 1. The number of nitrogens with zero attached hydrogens (tertiary/aromatic N) is 4. The van der Waals surface area contributed by atoms with Gasteiger partial charge in [-0.25, -0.2) is 0 Å². The molecule has 138 valence electrons. The molecular weight excluding hydrogens is 324 g/mol. The molecule has 1 atom stereocenters. The number of hydrogen-bond donors (Lipinski definition) is 0. The van der Waals surface area contributed by atoms with E-state index in [0.717, 1.165) is 52.0 Å². The summed E-state index contributed by atoms with van der Waals surface area (Å²) in [5.41, 5.74) is 2.70. The quantitative estimate of drug-likeness (QED) is 0.828. The van der Waals surface area contributed by atoms with Crippen LogP contribution in [0.3, 0.4) is 0 Å². The summed E-state index contributed by atoms with van der Waals surface area (Å²) in [4.78, 5) is 13.3. The van der Waals surface area contributed by atoms with Crippen molar-refractivity contribution in [2.24, 2.45) is 0 Å². The maximum Gasteiger partial charge on any atom is 0.0723 e. The monoisotopic (exact) mass is 352 g/mol. The van der Waals surface area contributed by atoms with E-state index in [9.17, 15) is 0 Å². The van der Waals surface area contributed by atoms with Gasteiger partial charge in [-0.2, -0.15) is 0 Å². The third-order valence-electron chi connectivity index (χ3n) is 5.89. The molecule has 0 unspecified atom stereocenters. The van der Waals surface area contributed by atoms with Gasteiger partial charge in [-0.1, -0.05) is 6.07 Å². The van der Waals surface area contributed by atoms with Gasteiger partial charge in [0.2, 0.25) is 0 Å². The van der Waals surface area contributed by atoms with Crippen LogP contribution in [-0.2, 0) is 17.8 Å². The zero-order valence-electron chi connectivity index (χ0n) is 15.6. The first-order valence-electron chi connectivity index (χ1n) is 9.57. The van der Waals surface area contributed by atoms with Gasteiger partial charge >= 0.3 is 0 Å². The van der Waals surface area contributed by atoms with Crippen molar-refractivity contribution in [3.8, 4) is 0 Å². The van der Waals surface area contributed by atoms with E-state index < -0.39 is 0 Å². The highest BCUT2D eigenvalue weighted by atomic mass is 16.5. The molecule has 5 nitrogen and oxygen atoms in total. The van der Waals surface area contributed by atoms with Crippen molar-refractivity contribution in [1.82, 2.24) is 19.8 Å². The second kappa shape index (κ2) is 7.82. The third kappa shape index (κ3) is 4.11. The second-order valence-corrected chi connectivity index (χ2v) is 7.76.